The highest BCUT2D eigenvalue weighted by molar-refractivity contribution is 5.71. The summed E-state index contributed by atoms with van der Waals surface area (Å²) in [6, 6.07) is 10.6. The lowest BCUT2D eigenvalue weighted by Gasteiger charge is -2.17. The van der Waals surface area contributed by atoms with E-state index in [9.17, 15) is 4.79 Å². The van der Waals surface area contributed by atoms with Gasteiger partial charge in [0.15, 0.2) is 0 Å². The van der Waals surface area contributed by atoms with E-state index in [2.05, 4.69) is 29.2 Å². The van der Waals surface area contributed by atoms with Crippen molar-refractivity contribution in [2.45, 2.75) is 26.3 Å². The van der Waals surface area contributed by atoms with Gasteiger partial charge in [0.1, 0.15) is 0 Å². The maximum atomic E-state index is 11.4. The molecule has 1 aromatic carbocycles. The predicted octanol–water partition coefficient (Wildman–Crippen LogP) is 2.71. The van der Waals surface area contributed by atoms with Crippen LogP contribution in [0.2, 0.25) is 0 Å². The molecule has 0 N–H and O–H groups in total. The van der Waals surface area contributed by atoms with Crippen LogP contribution in [0.5, 0.6) is 0 Å². The van der Waals surface area contributed by atoms with E-state index >= 15 is 0 Å². The summed E-state index contributed by atoms with van der Waals surface area (Å²) in [4.78, 5) is 13.9. The molecule has 1 heterocycles. The van der Waals surface area contributed by atoms with Crippen LogP contribution in [0.1, 0.15) is 25.3 Å². The number of carbonyl (C=O) groups is 1. The molecule has 0 bridgehead atoms. The predicted molar refractivity (Wildman–Crippen MR) is 75.6 cm³/mol. The van der Waals surface area contributed by atoms with Crippen molar-refractivity contribution < 1.29 is 9.53 Å². The van der Waals surface area contributed by atoms with Crippen LogP contribution in [0.4, 0.5) is 0 Å². The maximum Gasteiger partial charge on any atom is 0.308 e. The largest absolute Gasteiger partial charge is 0.469 e. The normalized spacial score (nSPS) is 21.3. The Morgan fingerprint density at radius 1 is 1.42 bits per heavy atom. The molecule has 0 spiro atoms. The number of benzene rings is 1. The Hall–Kier alpha value is -1.35. The summed E-state index contributed by atoms with van der Waals surface area (Å²) in [5, 5.41) is 0. The molecule has 0 saturated carbocycles. The number of esters is 1. The van der Waals surface area contributed by atoms with E-state index in [0.717, 1.165) is 26.1 Å². The highest BCUT2D eigenvalue weighted by atomic mass is 16.5. The third-order valence-electron chi connectivity index (χ3n) is 3.91. The lowest BCUT2D eigenvalue weighted by atomic mass is 9.95. The Labute approximate surface area is 115 Å². The van der Waals surface area contributed by atoms with Gasteiger partial charge in [-0.05, 0) is 30.9 Å². The van der Waals surface area contributed by atoms with Gasteiger partial charge in [-0.15, -0.1) is 0 Å². The van der Waals surface area contributed by atoms with Crippen LogP contribution >= 0.6 is 0 Å². The van der Waals surface area contributed by atoms with E-state index in [1.165, 1.54) is 19.1 Å². The van der Waals surface area contributed by atoms with Crippen molar-refractivity contribution in [1.82, 2.24) is 4.90 Å². The summed E-state index contributed by atoms with van der Waals surface area (Å²) >= 11 is 0. The van der Waals surface area contributed by atoms with Crippen molar-refractivity contribution in [3.63, 3.8) is 0 Å². The van der Waals surface area contributed by atoms with Crippen molar-refractivity contribution in [1.29, 1.82) is 0 Å². The number of nitrogens with zero attached hydrogens (tertiary/aromatic N) is 1. The fourth-order valence-corrected chi connectivity index (χ4v) is 2.89. The van der Waals surface area contributed by atoms with Crippen LogP contribution < -0.4 is 0 Å². The summed E-state index contributed by atoms with van der Waals surface area (Å²) in [6.07, 6.45) is 2.13. The Kier molecular flexibility index (Phi) is 4.97. The Balaban J connectivity index is 1.79. The van der Waals surface area contributed by atoms with Crippen molar-refractivity contribution in [3.05, 3.63) is 35.9 Å². The van der Waals surface area contributed by atoms with Gasteiger partial charge in [0.25, 0.3) is 0 Å². The van der Waals surface area contributed by atoms with Crippen molar-refractivity contribution >= 4 is 5.97 Å². The zero-order valence-electron chi connectivity index (χ0n) is 11.8. The van der Waals surface area contributed by atoms with Gasteiger partial charge in [0, 0.05) is 13.1 Å². The summed E-state index contributed by atoms with van der Waals surface area (Å²) < 4.78 is 4.79. The van der Waals surface area contributed by atoms with E-state index < -0.39 is 0 Å². The average molecular weight is 261 g/mol. The number of ether oxygens (including phenoxy) is 1. The molecule has 1 fully saturated rings. The molecule has 104 valence electrons. The second-order valence-electron chi connectivity index (χ2n) is 5.54. The molecule has 2 atom stereocenters. The van der Waals surface area contributed by atoms with Gasteiger partial charge in [-0.25, -0.2) is 0 Å². The van der Waals surface area contributed by atoms with Crippen LogP contribution in [0, 0.1) is 11.8 Å². The molecular formula is C16H23NO2. The van der Waals surface area contributed by atoms with Crippen molar-refractivity contribution in [3.8, 4) is 0 Å². The monoisotopic (exact) mass is 261 g/mol. The van der Waals surface area contributed by atoms with E-state index in [1.807, 2.05) is 13.0 Å². The first-order chi connectivity index (χ1) is 9.19. The third kappa shape index (κ3) is 4.06. The highest BCUT2D eigenvalue weighted by Crippen LogP contribution is 2.25. The molecule has 1 saturated heterocycles. The molecular weight excluding hydrogens is 238 g/mol. The number of methoxy groups -OCH3 is 1. The molecule has 2 rings (SSSR count). The molecule has 19 heavy (non-hydrogen) atoms. The molecule has 0 aliphatic carbocycles. The lowest BCUT2D eigenvalue weighted by Crippen LogP contribution is -2.22. The SMILES string of the molecule is COC(=O)C(C)CC1CCN(Cc2ccccc2)C1. The topological polar surface area (TPSA) is 29.5 Å². The minimum absolute atomic E-state index is 0.0201. The highest BCUT2D eigenvalue weighted by Gasteiger charge is 2.26. The molecule has 3 heteroatoms. The van der Waals surface area contributed by atoms with E-state index in [4.69, 9.17) is 4.74 Å². The van der Waals surface area contributed by atoms with Crippen LogP contribution in [0.25, 0.3) is 0 Å². The number of likely N-dealkylation sites (tertiary alicyclic amines) is 1. The zero-order chi connectivity index (χ0) is 13.7. The number of carbonyl (C=O) groups excluding carboxylic acids is 1. The minimum atomic E-state index is -0.0819. The first kappa shape index (κ1) is 14.1. The Bertz CT molecular complexity index is 404. The third-order valence-corrected chi connectivity index (χ3v) is 3.91. The quantitative estimate of drug-likeness (QED) is 0.763. The molecule has 1 aliphatic rings. The summed E-state index contributed by atoms with van der Waals surface area (Å²) in [6.45, 7) is 5.21. The average Bonchev–Trinajstić information content (AvgIpc) is 2.86. The second-order valence-corrected chi connectivity index (χ2v) is 5.54. The molecule has 2 unspecified atom stereocenters. The standard InChI is InChI=1S/C16H23NO2/c1-13(16(18)19-2)10-15-8-9-17(12-15)11-14-6-4-3-5-7-14/h3-7,13,15H,8-12H2,1-2H3. The molecule has 1 aromatic rings. The molecule has 1 aliphatic heterocycles. The number of hydrogen-bond donors (Lipinski definition) is 0. The Morgan fingerprint density at radius 3 is 2.84 bits per heavy atom. The van der Waals surface area contributed by atoms with E-state index in [-0.39, 0.29) is 11.9 Å². The summed E-state index contributed by atoms with van der Waals surface area (Å²) in [5.41, 5.74) is 1.36. The fraction of sp³-hybridized carbons (Fsp3) is 0.562. The summed E-state index contributed by atoms with van der Waals surface area (Å²) in [5.74, 6) is 0.561. The van der Waals surface area contributed by atoms with E-state index in [1.54, 1.807) is 0 Å². The fourth-order valence-electron chi connectivity index (χ4n) is 2.89. The molecule has 0 radical (unpaired) electrons. The molecule has 0 amide bonds. The van der Waals surface area contributed by atoms with Crippen LogP contribution in [0.15, 0.2) is 30.3 Å². The first-order valence-electron chi connectivity index (χ1n) is 7.03. The first-order valence-corrected chi connectivity index (χ1v) is 7.03. The number of hydrogen-bond acceptors (Lipinski definition) is 3. The maximum absolute atomic E-state index is 11.4. The van der Waals surface area contributed by atoms with Gasteiger partial charge in [0.05, 0.1) is 13.0 Å². The summed E-state index contributed by atoms with van der Waals surface area (Å²) in [7, 11) is 1.47. The van der Waals surface area contributed by atoms with E-state index in [0.29, 0.717) is 5.92 Å². The smallest absolute Gasteiger partial charge is 0.308 e. The lowest BCUT2D eigenvalue weighted by molar-refractivity contribution is -0.145. The number of rotatable bonds is 5. The van der Waals surface area contributed by atoms with Crippen LogP contribution in [0.3, 0.4) is 0 Å². The van der Waals surface area contributed by atoms with Gasteiger partial charge < -0.3 is 4.74 Å². The van der Waals surface area contributed by atoms with Crippen molar-refractivity contribution in [2.75, 3.05) is 20.2 Å². The van der Waals surface area contributed by atoms with Crippen LogP contribution in [-0.4, -0.2) is 31.1 Å². The minimum Gasteiger partial charge on any atom is -0.469 e. The zero-order valence-corrected chi connectivity index (χ0v) is 11.8. The van der Waals surface area contributed by atoms with Gasteiger partial charge in [-0.3, -0.25) is 9.69 Å². The van der Waals surface area contributed by atoms with Crippen molar-refractivity contribution in [2.24, 2.45) is 11.8 Å². The van der Waals surface area contributed by atoms with Gasteiger partial charge in [0.2, 0.25) is 0 Å². The van der Waals surface area contributed by atoms with Gasteiger partial charge in [-0.1, -0.05) is 37.3 Å². The van der Waals surface area contributed by atoms with Gasteiger partial charge in [-0.2, -0.15) is 0 Å². The van der Waals surface area contributed by atoms with Crippen LogP contribution in [-0.2, 0) is 16.1 Å². The molecule has 3 nitrogen and oxygen atoms in total. The second kappa shape index (κ2) is 6.71. The molecule has 0 aromatic heterocycles. The van der Waals surface area contributed by atoms with Gasteiger partial charge >= 0.3 is 5.97 Å². The Morgan fingerprint density at radius 2 is 2.16 bits per heavy atom.